The molecule has 2 unspecified atom stereocenters. The van der Waals surface area contributed by atoms with E-state index in [1.165, 1.54) is 11.1 Å². The molecule has 1 aromatic rings. The summed E-state index contributed by atoms with van der Waals surface area (Å²) in [6.45, 7) is 0. The minimum atomic E-state index is -4.11. The molecule has 1 aromatic carbocycles. The Hall–Kier alpha value is -0.160. The molecule has 2 rings (SSSR count). The van der Waals surface area contributed by atoms with Gasteiger partial charge in [0.25, 0.3) is 0 Å². The fourth-order valence-corrected chi connectivity index (χ4v) is 4.23. The summed E-state index contributed by atoms with van der Waals surface area (Å²) in [5.41, 5.74) is -1.53. The lowest BCUT2D eigenvalue weighted by Crippen LogP contribution is -2.10. The molecule has 0 aliphatic heterocycles. The summed E-state index contributed by atoms with van der Waals surface area (Å²) < 4.78 is 36.5. The molecule has 0 bridgehead atoms. The lowest BCUT2D eigenvalue weighted by Gasteiger charge is -2.21. The van der Waals surface area contributed by atoms with Crippen LogP contribution in [0.15, 0.2) is 24.3 Å². The van der Waals surface area contributed by atoms with E-state index < -0.39 is 5.51 Å². The van der Waals surface area contributed by atoms with Gasteiger partial charge in [0.05, 0.1) is 0 Å². The second-order valence-corrected chi connectivity index (χ2v) is 6.98. The van der Waals surface area contributed by atoms with E-state index >= 15 is 0 Å². The summed E-state index contributed by atoms with van der Waals surface area (Å²) >= 11 is 3.79. The molecule has 0 saturated carbocycles. The highest BCUT2D eigenvalue weighted by atomic mass is 79.9. The predicted octanol–water partition coefficient (Wildman–Crippen LogP) is 5.72. The Labute approximate surface area is 124 Å². The van der Waals surface area contributed by atoms with Gasteiger partial charge in [-0.1, -0.05) is 52.0 Å². The molecule has 2 atom stereocenters. The molecular formula is C14H16BrF3S. The summed E-state index contributed by atoms with van der Waals surface area (Å²) in [4.78, 5) is 0.181. The van der Waals surface area contributed by atoms with Crippen LogP contribution in [0.25, 0.3) is 0 Å². The van der Waals surface area contributed by atoms with Crippen molar-refractivity contribution in [3.8, 4) is 0 Å². The minimum Gasteiger partial charge on any atom is -0.160 e. The fraction of sp³-hybridized carbons (Fsp3) is 0.571. The third kappa shape index (κ3) is 4.42. The SMILES string of the molecule is FC(F)(F)SCCC1CCCc2ccccc2C1Br. The molecule has 0 amide bonds. The normalized spacial score (nSPS) is 23.8. The summed E-state index contributed by atoms with van der Waals surface area (Å²) in [7, 11) is 0. The number of fused-ring (bicyclic) bond motifs is 1. The van der Waals surface area contributed by atoms with Gasteiger partial charge >= 0.3 is 5.51 Å². The van der Waals surface area contributed by atoms with E-state index in [0.29, 0.717) is 12.3 Å². The Morgan fingerprint density at radius 1 is 1.26 bits per heavy atom. The Bertz CT molecular complexity index is 419. The highest BCUT2D eigenvalue weighted by Gasteiger charge is 2.30. The van der Waals surface area contributed by atoms with Gasteiger partial charge < -0.3 is 0 Å². The third-order valence-corrected chi connectivity index (χ3v) is 5.55. The third-order valence-electron chi connectivity index (χ3n) is 3.54. The van der Waals surface area contributed by atoms with Crippen molar-refractivity contribution in [3.05, 3.63) is 35.4 Å². The first-order valence-electron chi connectivity index (χ1n) is 6.40. The zero-order chi connectivity index (χ0) is 13.9. The molecule has 5 heteroatoms. The topological polar surface area (TPSA) is 0 Å². The Morgan fingerprint density at radius 2 is 2.00 bits per heavy atom. The fourth-order valence-electron chi connectivity index (χ4n) is 2.60. The highest BCUT2D eigenvalue weighted by molar-refractivity contribution is 9.09. The molecule has 0 radical (unpaired) electrons. The van der Waals surface area contributed by atoms with Gasteiger partial charge in [-0.3, -0.25) is 0 Å². The predicted molar refractivity (Wildman–Crippen MR) is 77.7 cm³/mol. The lowest BCUT2D eigenvalue weighted by atomic mass is 9.94. The van der Waals surface area contributed by atoms with Crippen molar-refractivity contribution in [2.75, 3.05) is 5.75 Å². The first-order chi connectivity index (χ1) is 8.97. The van der Waals surface area contributed by atoms with E-state index in [1.54, 1.807) is 0 Å². The molecule has 0 N–H and O–H groups in total. The van der Waals surface area contributed by atoms with Gasteiger partial charge in [0, 0.05) is 10.6 Å². The molecule has 0 fully saturated rings. The van der Waals surface area contributed by atoms with Crippen LogP contribution in [0.5, 0.6) is 0 Å². The molecular weight excluding hydrogens is 337 g/mol. The first-order valence-corrected chi connectivity index (χ1v) is 8.30. The molecule has 19 heavy (non-hydrogen) atoms. The zero-order valence-electron chi connectivity index (χ0n) is 10.4. The number of aryl methyl sites for hydroxylation is 1. The van der Waals surface area contributed by atoms with Gasteiger partial charge in [0.1, 0.15) is 0 Å². The zero-order valence-corrected chi connectivity index (χ0v) is 12.8. The first kappa shape index (κ1) is 15.2. The van der Waals surface area contributed by atoms with Crippen molar-refractivity contribution in [1.82, 2.24) is 0 Å². The number of thioether (sulfide) groups is 1. The largest absolute Gasteiger partial charge is 0.441 e. The second kappa shape index (κ2) is 6.53. The number of benzene rings is 1. The van der Waals surface area contributed by atoms with E-state index in [2.05, 4.69) is 28.1 Å². The molecule has 0 spiro atoms. The number of halogens is 4. The standard InChI is InChI=1S/C14H16BrF3S/c15-13-11(8-9-19-14(16,17)18)6-3-5-10-4-1-2-7-12(10)13/h1-2,4,7,11,13H,3,5-6,8-9H2. The number of rotatable bonds is 3. The van der Waals surface area contributed by atoms with E-state index in [9.17, 15) is 13.2 Å². The van der Waals surface area contributed by atoms with Gasteiger partial charge in [-0.15, -0.1) is 0 Å². The van der Waals surface area contributed by atoms with Gasteiger partial charge in [-0.2, -0.15) is 13.2 Å². The quantitative estimate of drug-likeness (QED) is 0.495. The number of hydrogen-bond acceptors (Lipinski definition) is 1. The van der Waals surface area contributed by atoms with E-state index in [-0.39, 0.29) is 22.3 Å². The van der Waals surface area contributed by atoms with Crippen molar-refractivity contribution < 1.29 is 13.2 Å². The number of alkyl halides is 4. The van der Waals surface area contributed by atoms with Gasteiger partial charge in [0.2, 0.25) is 0 Å². The average Bonchev–Trinajstić information content (AvgIpc) is 2.49. The summed E-state index contributed by atoms with van der Waals surface area (Å²) in [5, 5.41) is 0. The Kier molecular flexibility index (Phi) is 5.23. The molecule has 0 aromatic heterocycles. The molecule has 1 aliphatic rings. The van der Waals surface area contributed by atoms with Crippen LogP contribution in [-0.2, 0) is 6.42 Å². The smallest absolute Gasteiger partial charge is 0.160 e. The van der Waals surface area contributed by atoms with Crippen LogP contribution in [0.3, 0.4) is 0 Å². The summed E-state index contributed by atoms with van der Waals surface area (Å²) in [6, 6.07) is 8.23. The molecule has 1 aliphatic carbocycles. The van der Waals surface area contributed by atoms with Gasteiger partial charge in [-0.05, 0) is 42.7 Å². The van der Waals surface area contributed by atoms with Crippen LogP contribution in [-0.4, -0.2) is 11.3 Å². The van der Waals surface area contributed by atoms with Gasteiger partial charge in [-0.25, -0.2) is 0 Å². The van der Waals surface area contributed by atoms with E-state index in [0.717, 1.165) is 19.3 Å². The van der Waals surface area contributed by atoms with Crippen LogP contribution in [0, 0.1) is 5.92 Å². The number of hydrogen-bond donors (Lipinski definition) is 0. The molecule has 0 heterocycles. The van der Waals surface area contributed by atoms with Crippen LogP contribution >= 0.6 is 27.7 Å². The highest BCUT2D eigenvalue weighted by Crippen LogP contribution is 2.42. The van der Waals surface area contributed by atoms with Crippen molar-refractivity contribution in [1.29, 1.82) is 0 Å². The summed E-state index contributed by atoms with van der Waals surface area (Å²) in [5.74, 6) is 0.442. The Balaban J connectivity index is 1.99. The van der Waals surface area contributed by atoms with Crippen molar-refractivity contribution in [2.24, 2.45) is 5.92 Å². The lowest BCUT2D eigenvalue weighted by molar-refractivity contribution is -0.0328. The molecule has 106 valence electrons. The van der Waals surface area contributed by atoms with Crippen molar-refractivity contribution in [2.45, 2.75) is 36.0 Å². The maximum Gasteiger partial charge on any atom is 0.441 e. The van der Waals surface area contributed by atoms with Crippen LogP contribution in [0.4, 0.5) is 13.2 Å². The molecule has 0 nitrogen and oxygen atoms in total. The minimum absolute atomic E-state index is 0.0965. The maximum atomic E-state index is 12.2. The van der Waals surface area contributed by atoms with Crippen LogP contribution in [0.1, 0.15) is 35.2 Å². The second-order valence-electron chi connectivity index (χ2n) is 4.84. The maximum absolute atomic E-state index is 12.2. The summed E-state index contributed by atoms with van der Waals surface area (Å²) in [6.07, 6.45) is 3.68. The van der Waals surface area contributed by atoms with Crippen molar-refractivity contribution >= 4 is 27.7 Å². The van der Waals surface area contributed by atoms with Crippen LogP contribution < -0.4 is 0 Å². The Morgan fingerprint density at radius 3 is 2.74 bits per heavy atom. The van der Waals surface area contributed by atoms with Crippen molar-refractivity contribution in [3.63, 3.8) is 0 Å². The van der Waals surface area contributed by atoms with E-state index in [1.807, 2.05) is 12.1 Å². The monoisotopic (exact) mass is 352 g/mol. The van der Waals surface area contributed by atoms with Crippen LogP contribution in [0.2, 0.25) is 0 Å². The van der Waals surface area contributed by atoms with Gasteiger partial charge in [0.15, 0.2) is 0 Å². The van der Waals surface area contributed by atoms with E-state index in [4.69, 9.17) is 0 Å². The average molecular weight is 353 g/mol. The molecule has 0 saturated heterocycles.